The quantitative estimate of drug-likeness (QED) is 0.710. The molecule has 5 heteroatoms. The molecule has 2 aromatic carbocycles. The number of hydrogen-bond acceptors (Lipinski definition) is 3. The van der Waals surface area contributed by atoms with Crippen LogP contribution in [0.4, 0.5) is 0 Å². The number of para-hydroxylation sites is 1. The van der Waals surface area contributed by atoms with Gasteiger partial charge in [0.1, 0.15) is 0 Å². The first-order valence-electron chi connectivity index (χ1n) is 8.25. The molecule has 4 nitrogen and oxygen atoms in total. The monoisotopic (exact) mass is 354 g/mol. The summed E-state index contributed by atoms with van der Waals surface area (Å²) in [5, 5.41) is 0. The van der Waals surface area contributed by atoms with Crippen LogP contribution in [-0.4, -0.2) is 24.2 Å². The van der Waals surface area contributed by atoms with Gasteiger partial charge >= 0.3 is 0 Å². The summed E-state index contributed by atoms with van der Waals surface area (Å²) in [5.41, 5.74) is 5.18. The van der Waals surface area contributed by atoms with Crippen molar-refractivity contribution < 1.29 is 9.53 Å². The molecule has 1 amide bonds. The van der Waals surface area contributed by atoms with E-state index in [1.165, 1.54) is 22.5 Å². The van der Waals surface area contributed by atoms with Crippen molar-refractivity contribution in [2.75, 3.05) is 13.7 Å². The predicted molar refractivity (Wildman–Crippen MR) is 102 cm³/mol. The summed E-state index contributed by atoms with van der Waals surface area (Å²) in [7, 11) is 1.68. The zero-order valence-corrected chi connectivity index (χ0v) is 15.8. The smallest absolute Gasteiger partial charge is 0.279 e. The molecule has 0 fully saturated rings. The number of amides is 1. The van der Waals surface area contributed by atoms with Gasteiger partial charge in [-0.15, -0.1) is 0 Å². The van der Waals surface area contributed by atoms with Gasteiger partial charge in [0.15, 0.2) is 4.80 Å². The Hall–Kier alpha value is -2.24. The van der Waals surface area contributed by atoms with Crippen molar-refractivity contribution in [3.63, 3.8) is 0 Å². The predicted octanol–water partition coefficient (Wildman–Crippen LogP) is 4.02. The first-order valence-corrected chi connectivity index (χ1v) is 9.07. The number of aromatic nitrogens is 1. The highest BCUT2D eigenvalue weighted by molar-refractivity contribution is 7.16. The minimum atomic E-state index is -0.210. The largest absolute Gasteiger partial charge is 0.383 e. The number of rotatable bonds is 4. The van der Waals surface area contributed by atoms with Crippen LogP contribution in [-0.2, 0) is 11.3 Å². The van der Waals surface area contributed by atoms with E-state index in [-0.39, 0.29) is 5.91 Å². The van der Waals surface area contributed by atoms with E-state index < -0.39 is 0 Å². The molecule has 0 aliphatic carbocycles. The molecule has 25 heavy (non-hydrogen) atoms. The summed E-state index contributed by atoms with van der Waals surface area (Å²) in [6.45, 7) is 7.36. The second kappa shape index (κ2) is 7.33. The SMILES string of the molecule is COCCn1c(=NC(=O)c2ccc(C)c(C)c2)sc2cccc(C)c21. The van der Waals surface area contributed by atoms with Crippen molar-refractivity contribution in [3.05, 3.63) is 63.5 Å². The Bertz CT molecular complexity index is 999. The fraction of sp³-hybridized carbons (Fsp3) is 0.300. The maximum Gasteiger partial charge on any atom is 0.279 e. The van der Waals surface area contributed by atoms with Gasteiger partial charge < -0.3 is 9.30 Å². The number of nitrogens with zero attached hydrogens (tertiary/aromatic N) is 2. The van der Waals surface area contributed by atoms with Crippen LogP contribution in [0.2, 0.25) is 0 Å². The molecular formula is C20H22N2O2S. The molecule has 0 spiro atoms. The molecule has 0 atom stereocenters. The molecule has 0 aliphatic heterocycles. The lowest BCUT2D eigenvalue weighted by Gasteiger charge is -2.06. The zero-order valence-electron chi connectivity index (χ0n) is 15.0. The second-order valence-corrected chi connectivity index (χ2v) is 7.18. The average Bonchev–Trinajstić information content (AvgIpc) is 2.93. The van der Waals surface area contributed by atoms with Crippen molar-refractivity contribution in [1.82, 2.24) is 4.57 Å². The standard InChI is InChI=1S/C20H22N2O2S/c1-13-8-9-16(12-15(13)3)19(23)21-20-22(10-11-24-4)18-14(2)6-5-7-17(18)25-20/h5-9,12H,10-11H2,1-4H3. The summed E-state index contributed by atoms with van der Waals surface area (Å²) < 4.78 is 8.44. The molecule has 0 aliphatic rings. The topological polar surface area (TPSA) is 43.6 Å². The number of methoxy groups -OCH3 is 1. The fourth-order valence-corrected chi connectivity index (χ4v) is 3.94. The van der Waals surface area contributed by atoms with Crippen molar-refractivity contribution >= 4 is 27.5 Å². The molecule has 0 N–H and O–H groups in total. The Kier molecular flexibility index (Phi) is 5.16. The van der Waals surface area contributed by atoms with Crippen LogP contribution >= 0.6 is 11.3 Å². The lowest BCUT2D eigenvalue weighted by atomic mass is 10.1. The molecule has 0 bridgehead atoms. The van der Waals surface area contributed by atoms with E-state index in [1.54, 1.807) is 7.11 Å². The van der Waals surface area contributed by atoms with Crippen LogP contribution in [0.25, 0.3) is 10.2 Å². The van der Waals surface area contributed by atoms with Crippen LogP contribution in [0.3, 0.4) is 0 Å². The number of thiazole rings is 1. The Morgan fingerprint density at radius 3 is 2.64 bits per heavy atom. The number of benzene rings is 2. The van der Waals surface area contributed by atoms with Crippen molar-refractivity contribution in [3.8, 4) is 0 Å². The number of aryl methyl sites for hydroxylation is 3. The van der Waals surface area contributed by atoms with Crippen LogP contribution in [0.5, 0.6) is 0 Å². The van der Waals surface area contributed by atoms with Gasteiger partial charge in [-0.2, -0.15) is 4.99 Å². The lowest BCUT2D eigenvalue weighted by molar-refractivity contribution is 0.0997. The Labute approximate surface area is 151 Å². The molecular weight excluding hydrogens is 332 g/mol. The fourth-order valence-electron chi connectivity index (χ4n) is 2.81. The summed E-state index contributed by atoms with van der Waals surface area (Å²) in [6, 6.07) is 11.9. The van der Waals surface area contributed by atoms with Gasteiger partial charge in [0.2, 0.25) is 0 Å². The number of fused-ring (bicyclic) bond motifs is 1. The summed E-state index contributed by atoms with van der Waals surface area (Å²) in [5.74, 6) is -0.210. The Balaban J connectivity index is 2.12. The molecule has 130 valence electrons. The van der Waals surface area contributed by atoms with Crippen molar-refractivity contribution in [2.24, 2.45) is 4.99 Å². The maximum absolute atomic E-state index is 12.7. The van der Waals surface area contributed by atoms with Crippen molar-refractivity contribution in [2.45, 2.75) is 27.3 Å². The first-order chi connectivity index (χ1) is 12.0. The summed E-state index contributed by atoms with van der Waals surface area (Å²) >= 11 is 1.54. The highest BCUT2D eigenvalue weighted by atomic mass is 32.1. The van der Waals surface area contributed by atoms with Gasteiger partial charge in [-0.1, -0.05) is 29.5 Å². The molecule has 0 unspecified atom stereocenters. The third-order valence-electron chi connectivity index (χ3n) is 4.37. The van der Waals surface area contributed by atoms with Gasteiger partial charge in [0, 0.05) is 19.2 Å². The van der Waals surface area contributed by atoms with E-state index in [1.807, 2.05) is 38.1 Å². The molecule has 0 saturated carbocycles. The van der Waals surface area contributed by atoms with E-state index in [2.05, 4.69) is 28.6 Å². The second-order valence-electron chi connectivity index (χ2n) is 6.17. The molecule has 3 aromatic rings. The minimum Gasteiger partial charge on any atom is -0.383 e. The Morgan fingerprint density at radius 1 is 1.12 bits per heavy atom. The molecule has 0 radical (unpaired) electrons. The number of hydrogen-bond donors (Lipinski definition) is 0. The molecule has 1 aromatic heterocycles. The van der Waals surface area contributed by atoms with Gasteiger partial charge in [-0.3, -0.25) is 4.79 Å². The highest BCUT2D eigenvalue weighted by Gasteiger charge is 2.11. The minimum absolute atomic E-state index is 0.210. The van der Waals surface area contributed by atoms with E-state index in [9.17, 15) is 4.79 Å². The molecule has 1 heterocycles. The van der Waals surface area contributed by atoms with Crippen LogP contribution in [0.1, 0.15) is 27.0 Å². The third kappa shape index (κ3) is 3.57. The Morgan fingerprint density at radius 2 is 1.92 bits per heavy atom. The summed E-state index contributed by atoms with van der Waals surface area (Å²) in [4.78, 5) is 17.8. The van der Waals surface area contributed by atoms with Crippen LogP contribution < -0.4 is 4.80 Å². The number of ether oxygens (including phenoxy) is 1. The van der Waals surface area contributed by atoms with E-state index in [4.69, 9.17) is 4.74 Å². The number of carbonyl (C=O) groups is 1. The first kappa shape index (κ1) is 17.6. The van der Waals surface area contributed by atoms with E-state index >= 15 is 0 Å². The lowest BCUT2D eigenvalue weighted by Crippen LogP contribution is -2.19. The average molecular weight is 354 g/mol. The van der Waals surface area contributed by atoms with Gasteiger partial charge in [0.05, 0.1) is 16.8 Å². The molecule has 3 rings (SSSR count). The van der Waals surface area contributed by atoms with E-state index in [0.29, 0.717) is 23.5 Å². The van der Waals surface area contributed by atoms with E-state index in [0.717, 1.165) is 15.8 Å². The third-order valence-corrected chi connectivity index (χ3v) is 5.42. The zero-order chi connectivity index (χ0) is 18.0. The van der Waals surface area contributed by atoms with Gasteiger partial charge in [0.25, 0.3) is 5.91 Å². The maximum atomic E-state index is 12.7. The molecule has 0 saturated heterocycles. The van der Waals surface area contributed by atoms with Crippen LogP contribution in [0.15, 0.2) is 41.4 Å². The highest BCUT2D eigenvalue weighted by Crippen LogP contribution is 2.21. The van der Waals surface area contributed by atoms with Gasteiger partial charge in [-0.05, 0) is 55.7 Å². The number of carbonyl (C=O) groups excluding carboxylic acids is 1. The van der Waals surface area contributed by atoms with Crippen LogP contribution in [0, 0.1) is 20.8 Å². The normalized spacial score (nSPS) is 12.1. The van der Waals surface area contributed by atoms with Gasteiger partial charge in [-0.25, -0.2) is 0 Å². The van der Waals surface area contributed by atoms with Crippen molar-refractivity contribution in [1.29, 1.82) is 0 Å². The summed E-state index contributed by atoms with van der Waals surface area (Å²) in [6.07, 6.45) is 0.